The van der Waals surface area contributed by atoms with Crippen molar-refractivity contribution in [2.75, 3.05) is 0 Å². The molecule has 1 amide bonds. The molecule has 0 saturated carbocycles. The number of aliphatic hydroxyl groups excluding tert-OH is 1. The Morgan fingerprint density at radius 1 is 1.29 bits per heavy atom. The maximum Gasteiger partial charge on any atom is 0.282 e. The van der Waals surface area contributed by atoms with Crippen molar-refractivity contribution in [3.8, 4) is 0 Å². The lowest BCUT2D eigenvalue weighted by Crippen LogP contribution is -2.42. The molecule has 6 nitrogen and oxygen atoms in total. The van der Waals surface area contributed by atoms with Crippen LogP contribution in [0.25, 0.3) is 0 Å². The van der Waals surface area contributed by atoms with E-state index in [0.717, 1.165) is 5.56 Å². The molecule has 2 aromatic rings. The molecule has 24 heavy (non-hydrogen) atoms. The predicted molar refractivity (Wildman–Crippen MR) is 91.2 cm³/mol. The Morgan fingerprint density at radius 2 is 1.96 bits per heavy atom. The molecule has 0 aliphatic carbocycles. The molecular formula is C17H17ClN2O4. The van der Waals surface area contributed by atoms with E-state index in [1.807, 2.05) is 30.3 Å². The predicted octanol–water partition coefficient (Wildman–Crippen LogP) is 2.97. The van der Waals surface area contributed by atoms with Crippen LogP contribution in [0.5, 0.6) is 0 Å². The van der Waals surface area contributed by atoms with Crippen molar-refractivity contribution in [1.82, 2.24) is 5.32 Å². The first-order chi connectivity index (χ1) is 11.4. The summed E-state index contributed by atoms with van der Waals surface area (Å²) >= 11 is 5.82. The molecule has 0 saturated heterocycles. The summed E-state index contributed by atoms with van der Waals surface area (Å²) in [5.41, 5.74) is 0.466. The lowest BCUT2D eigenvalue weighted by molar-refractivity contribution is -0.385. The molecule has 2 unspecified atom stereocenters. The number of nitrogens with zero attached hydrogens (tertiary/aromatic N) is 1. The molecule has 126 valence electrons. The zero-order chi connectivity index (χ0) is 17.7. The Balaban J connectivity index is 2.09. The number of nitro groups is 1. The largest absolute Gasteiger partial charge is 0.391 e. The Labute approximate surface area is 144 Å². The number of amides is 1. The Bertz CT molecular complexity index is 737. The van der Waals surface area contributed by atoms with Crippen molar-refractivity contribution in [3.63, 3.8) is 0 Å². The summed E-state index contributed by atoms with van der Waals surface area (Å²) in [6, 6.07) is 12.5. The summed E-state index contributed by atoms with van der Waals surface area (Å²) in [6.45, 7) is 1.64. The molecule has 0 fully saturated rings. The second-order valence-electron chi connectivity index (χ2n) is 5.44. The van der Waals surface area contributed by atoms with Crippen molar-refractivity contribution < 1.29 is 14.8 Å². The van der Waals surface area contributed by atoms with Crippen LogP contribution in [0.1, 0.15) is 22.8 Å². The molecule has 0 spiro atoms. The number of nitro benzene ring substituents is 1. The Hall–Kier alpha value is -2.44. The van der Waals surface area contributed by atoms with Crippen LogP contribution in [0.2, 0.25) is 5.02 Å². The lowest BCUT2D eigenvalue weighted by Gasteiger charge is -2.20. The van der Waals surface area contributed by atoms with Gasteiger partial charge >= 0.3 is 0 Å². The lowest BCUT2D eigenvalue weighted by atomic mass is 10.0. The van der Waals surface area contributed by atoms with Crippen molar-refractivity contribution in [3.05, 3.63) is 74.8 Å². The fourth-order valence-electron chi connectivity index (χ4n) is 2.26. The highest BCUT2D eigenvalue weighted by molar-refractivity contribution is 6.31. The van der Waals surface area contributed by atoms with Crippen LogP contribution in [0.4, 0.5) is 5.69 Å². The van der Waals surface area contributed by atoms with E-state index in [1.165, 1.54) is 18.2 Å². The van der Waals surface area contributed by atoms with Crippen LogP contribution in [0.3, 0.4) is 0 Å². The third-order valence-electron chi connectivity index (χ3n) is 3.62. The summed E-state index contributed by atoms with van der Waals surface area (Å²) in [4.78, 5) is 22.7. The van der Waals surface area contributed by atoms with E-state index in [1.54, 1.807) is 6.92 Å². The fraction of sp³-hybridized carbons (Fsp3) is 0.235. The first kappa shape index (κ1) is 17.9. The summed E-state index contributed by atoms with van der Waals surface area (Å²) in [5, 5.41) is 24.1. The highest BCUT2D eigenvalue weighted by Gasteiger charge is 2.24. The van der Waals surface area contributed by atoms with Crippen LogP contribution in [-0.2, 0) is 6.42 Å². The standard InChI is InChI=1S/C17H17ClN2O4/c1-11(16(21)9-12-5-3-2-4-6-12)19-17(22)14-10-13(18)7-8-15(14)20(23)24/h2-8,10-11,16,21H,9H2,1H3,(H,19,22). The molecule has 0 aliphatic rings. The van der Waals surface area contributed by atoms with E-state index in [-0.39, 0.29) is 16.3 Å². The third-order valence-corrected chi connectivity index (χ3v) is 3.86. The van der Waals surface area contributed by atoms with Gasteiger partial charge < -0.3 is 10.4 Å². The van der Waals surface area contributed by atoms with Crippen molar-refractivity contribution in [2.45, 2.75) is 25.5 Å². The van der Waals surface area contributed by atoms with Gasteiger partial charge in [0.2, 0.25) is 0 Å². The van der Waals surface area contributed by atoms with Gasteiger partial charge in [0, 0.05) is 17.5 Å². The van der Waals surface area contributed by atoms with E-state index >= 15 is 0 Å². The quantitative estimate of drug-likeness (QED) is 0.620. The van der Waals surface area contributed by atoms with Crippen LogP contribution < -0.4 is 5.32 Å². The number of carbonyl (C=O) groups excluding carboxylic acids is 1. The second-order valence-corrected chi connectivity index (χ2v) is 5.87. The van der Waals surface area contributed by atoms with E-state index in [0.29, 0.717) is 6.42 Å². The van der Waals surface area contributed by atoms with Crippen LogP contribution in [0.15, 0.2) is 48.5 Å². The van der Waals surface area contributed by atoms with Gasteiger partial charge in [-0.25, -0.2) is 0 Å². The number of benzene rings is 2. The molecule has 2 N–H and O–H groups in total. The van der Waals surface area contributed by atoms with Gasteiger partial charge in [-0.05, 0) is 24.6 Å². The van der Waals surface area contributed by atoms with Gasteiger partial charge in [-0.1, -0.05) is 41.9 Å². The van der Waals surface area contributed by atoms with Crippen molar-refractivity contribution in [1.29, 1.82) is 0 Å². The molecule has 2 atom stereocenters. The Kier molecular flexibility index (Phi) is 5.89. The van der Waals surface area contributed by atoms with Crippen LogP contribution in [-0.4, -0.2) is 28.1 Å². The van der Waals surface area contributed by atoms with Crippen molar-refractivity contribution in [2.24, 2.45) is 0 Å². The monoisotopic (exact) mass is 348 g/mol. The molecule has 2 rings (SSSR count). The highest BCUT2D eigenvalue weighted by atomic mass is 35.5. The highest BCUT2D eigenvalue weighted by Crippen LogP contribution is 2.22. The van der Waals surface area contributed by atoms with Gasteiger partial charge in [0.15, 0.2) is 0 Å². The first-order valence-electron chi connectivity index (χ1n) is 7.35. The SMILES string of the molecule is CC(NC(=O)c1cc(Cl)ccc1[N+](=O)[O-])C(O)Cc1ccccc1. The molecule has 0 heterocycles. The summed E-state index contributed by atoms with van der Waals surface area (Å²) < 4.78 is 0. The van der Waals surface area contributed by atoms with E-state index < -0.39 is 23.0 Å². The third kappa shape index (κ3) is 4.53. The zero-order valence-corrected chi connectivity index (χ0v) is 13.7. The summed E-state index contributed by atoms with van der Waals surface area (Å²) in [6.07, 6.45) is -0.463. The minimum atomic E-state index is -0.824. The minimum Gasteiger partial charge on any atom is -0.391 e. The topological polar surface area (TPSA) is 92.5 Å². The molecule has 7 heteroatoms. The van der Waals surface area contributed by atoms with Gasteiger partial charge in [-0.3, -0.25) is 14.9 Å². The number of rotatable bonds is 6. The Morgan fingerprint density at radius 3 is 2.58 bits per heavy atom. The molecule has 0 bridgehead atoms. The molecule has 0 radical (unpaired) electrons. The number of hydrogen-bond donors (Lipinski definition) is 2. The number of aliphatic hydroxyl groups is 1. The number of hydrogen-bond acceptors (Lipinski definition) is 4. The van der Waals surface area contributed by atoms with Crippen LogP contribution >= 0.6 is 11.6 Å². The smallest absolute Gasteiger partial charge is 0.282 e. The number of nitrogens with one attached hydrogen (secondary N) is 1. The first-order valence-corrected chi connectivity index (χ1v) is 7.73. The summed E-state index contributed by atoms with van der Waals surface area (Å²) in [7, 11) is 0. The van der Waals surface area contributed by atoms with E-state index in [2.05, 4.69) is 5.32 Å². The molecule has 0 aliphatic heterocycles. The average molecular weight is 349 g/mol. The molecule has 0 aromatic heterocycles. The zero-order valence-electron chi connectivity index (χ0n) is 13.0. The summed E-state index contributed by atoms with van der Waals surface area (Å²) in [5.74, 6) is -0.649. The fourth-order valence-corrected chi connectivity index (χ4v) is 2.43. The minimum absolute atomic E-state index is 0.133. The number of carbonyl (C=O) groups is 1. The molecule has 2 aromatic carbocycles. The van der Waals surface area contributed by atoms with Gasteiger partial charge in [-0.15, -0.1) is 0 Å². The van der Waals surface area contributed by atoms with Crippen LogP contribution in [0, 0.1) is 10.1 Å². The van der Waals surface area contributed by atoms with Gasteiger partial charge in [0.1, 0.15) is 5.56 Å². The van der Waals surface area contributed by atoms with Gasteiger partial charge in [0.05, 0.1) is 17.1 Å². The van der Waals surface area contributed by atoms with E-state index in [9.17, 15) is 20.0 Å². The second kappa shape index (κ2) is 7.90. The average Bonchev–Trinajstić information content (AvgIpc) is 2.55. The number of halogens is 1. The van der Waals surface area contributed by atoms with Crippen molar-refractivity contribution >= 4 is 23.2 Å². The van der Waals surface area contributed by atoms with Gasteiger partial charge in [-0.2, -0.15) is 0 Å². The van der Waals surface area contributed by atoms with Gasteiger partial charge in [0.25, 0.3) is 11.6 Å². The normalized spacial score (nSPS) is 13.1. The maximum absolute atomic E-state index is 12.3. The van der Waals surface area contributed by atoms with E-state index in [4.69, 9.17) is 11.6 Å². The maximum atomic E-state index is 12.3. The molecular weight excluding hydrogens is 332 g/mol.